The molecular formula is C16H16O4. The summed E-state index contributed by atoms with van der Waals surface area (Å²) in [6.07, 6.45) is 3.83. The number of unbranched alkanes of at least 4 members (excludes halogenated alkanes) is 1. The molecule has 1 N–H and O–H groups in total. The number of aryl methyl sites for hydroxylation is 1. The van der Waals surface area contributed by atoms with E-state index >= 15 is 0 Å². The number of hydrogen-bond acceptors (Lipinski definition) is 3. The average Bonchev–Trinajstić information content (AvgIpc) is 2.93. The molecule has 0 saturated heterocycles. The Hall–Kier alpha value is -1.97. The van der Waals surface area contributed by atoms with Crippen LogP contribution in [0.3, 0.4) is 0 Å². The van der Waals surface area contributed by atoms with E-state index in [1.165, 1.54) is 11.1 Å². The molecule has 0 amide bonds. The van der Waals surface area contributed by atoms with Crippen LogP contribution in [0, 0.1) is 0 Å². The normalized spacial score (nSPS) is 24.6. The molecule has 4 heteroatoms. The summed E-state index contributed by atoms with van der Waals surface area (Å²) >= 11 is 0. The predicted molar refractivity (Wildman–Crippen MR) is 71.5 cm³/mol. The molecule has 0 bridgehead atoms. The Balaban J connectivity index is 1.49. The minimum Gasteiger partial charge on any atom is -0.488 e. The van der Waals surface area contributed by atoms with Crippen molar-refractivity contribution in [3.05, 3.63) is 40.8 Å². The lowest BCUT2D eigenvalue weighted by Gasteiger charge is -2.12. The van der Waals surface area contributed by atoms with Gasteiger partial charge in [0.25, 0.3) is 0 Å². The van der Waals surface area contributed by atoms with Crippen LogP contribution in [0.5, 0.6) is 5.75 Å². The third kappa shape index (κ3) is 1.79. The molecule has 2 atom stereocenters. The first-order valence-electron chi connectivity index (χ1n) is 7.15. The Morgan fingerprint density at radius 3 is 3.10 bits per heavy atom. The SMILES string of the molecule is O=C(O)CCCCc1cccc2c1O[C@@H]1CC3=C(O3)[C@H]21. The summed E-state index contributed by atoms with van der Waals surface area (Å²) in [4.78, 5) is 10.5. The van der Waals surface area contributed by atoms with Crippen molar-refractivity contribution >= 4 is 5.97 Å². The van der Waals surface area contributed by atoms with Crippen molar-refractivity contribution in [3.8, 4) is 5.75 Å². The van der Waals surface area contributed by atoms with Crippen LogP contribution in [-0.2, 0) is 16.0 Å². The van der Waals surface area contributed by atoms with E-state index in [0.29, 0.717) is 12.3 Å². The first-order valence-corrected chi connectivity index (χ1v) is 7.15. The van der Waals surface area contributed by atoms with Crippen LogP contribution in [0.25, 0.3) is 0 Å². The molecule has 0 fully saturated rings. The van der Waals surface area contributed by atoms with Crippen molar-refractivity contribution in [1.82, 2.24) is 0 Å². The highest BCUT2D eigenvalue weighted by molar-refractivity contribution is 5.66. The van der Waals surface area contributed by atoms with Gasteiger partial charge in [0, 0.05) is 18.4 Å². The number of carbonyl (C=O) groups is 1. The van der Waals surface area contributed by atoms with E-state index in [0.717, 1.165) is 36.5 Å². The monoisotopic (exact) mass is 272 g/mol. The van der Waals surface area contributed by atoms with Gasteiger partial charge in [0.05, 0.1) is 5.92 Å². The van der Waals surface area contributed by atoms with E-state index in [-0.39, 0.29) is 12.5 Å². The van der Waals surface area contributed by atoms with E-state index in [4.69, 9.17) is 14.6 Å². The van der Waals surface area contributed by atoms with Crippen LogP contribution in [0.15, 0.2) is 29.7 Å². The minimum absolute atomic E-state index is 0.226. The molecule has 0 unspecified atom stereocenters. The number of rotatable bonds is 5. The van der Waals surface area contributed by atoms with Gasteiger partial charge < -0.3 is 14.6 Å². The molecule has 2 aliphatic heterocycles. The van der Waals surface area contributed by atoms with E-state index in [1.807, 2.05) is 0 Å². The zero-order valence-electron chi connectivity index (χ0n) is 11.1. The van der Waals surface area contributed by atoms with Crippen molar-refractivity contribution < 1.29 is 19.4 Å². The van der Waals surface area contributed by atoms with Crippen LogP contribution >= 0.6 is 0 Å². The second kappa shape index (κ2) is 4.27. The molecule has 4 nitrogen and oxygen atoms in total. The second-order valence-electron chi connectivity index (χ2n) is 5.66. The first-order chi connectivity index (χ1) is 9.74. The van der Waals surface area contributed by atoms with Crippen LogP contribution < -0.4 is 4.74 Å². The van der Waals surface area contributed by atoms with Crippen LogP contribution in [0.1, 0.15) is 42.7 Å². The van der Waals surface area contributed by atoms with Crippen molar-refractivity contribution in [2.24, 2.45) is 0 Å². The molecule has 0 aromatic heterocycles. The standard InChI is InChI=1S/C16H16O4/c17-13(18)7-2-1-4-9-5-3-6-10-14-11(19-15(9)10)8-12-16(14)20-12/h3,5-6,11,14H,1-2,4,7-8H2,(H,17,18)/t11-,14-/m1/s1. The van der Waals surface area contributed by atoms with E-state index in [2.05, 4.69) is 18.2 Å². The zero-order chi connectivity index (χ0) is 13.7. The van der Waals surface area contributed by atoms with E-state index < -0.39 is 5.97 Å². The lowest BCUT2D eigenvalue weighted by atomic mass is 9.94. The highest BCUT2D eigenvalue weighted by atomic mass is 16.6. The molecule has 0 radical (unpaired) electrons. The van der Waals surface area contributed by atoms with Gasteiger partial charge >= 0.3 is 5.97 Å². The smallest absolute Gasteiger partial charge is 0.303 e. The predicted octanol–water partition coefficient (Wildman–Crippen LogP) is 2.97. The third-order valence-electron chi connectivity index (χ3n) is 4.33. The fourth-order valence-corrected chi connectivity index (χ4v) is 3.34. The van der Waals surface area contributed by atoms with Crippen LogP contribution in [-0.4, -0.2) is 17.2 Å². The molecule has 4 rings (SSSR count). The summed E-state index contributed by atoms with van der Waals surface area (Å²) < 4.78 is 11.6. The number of ether oxygens (including phenoxy) is 2. The third-order valence-corrected chi connectivity index (χ3v) is 4.33. The number of carboxylic acid groups (broad SMARTS) is 1. The Bertz CT molecular complexity index is 617. The second-order valence-corrected chi connectivity index (χ2v) is 5.66. The van der Waals surface area contributed by atoms with Gasteiger partial charge in [0.15, 0.2) is 5.76 Å². The van der Waals surface area contributed by atoms with Crippen molar-refractivity contribution in [3.63, 3.8) is 0 Å². The summed E-state index contributed by atoms with van der Waals surface area (Å²) in [6, 6.07) is 6.28. The minimum atomic E-state index is -0.723. The van der Waals surface area contributed by atoms with Gasteiger partial charge in [-0.05, 0) is 24.8 Å². The van der Waals surface area contributed by atoms with Gasteiger partial charge in [-0.3, -0.25) is 4.79 Å². The topological polar surface area (TPSA) is 59.1 Å². The molecule has 1 aliphatic carbocycles. The van der Waals surface area contributed by atoms with E-state index in [9.17, 15) is 4.79 Å². The largest absolute Gasteiger partial charge is 0.488 e. The molecule has 1 aromatic rings. The Kier molecular flexibility index (Phi) is 2.52. The molecule has 104 valence electrons. The van der Waals surface area contributed by atoms with Gasteiger partial charge in [-0.1, -0.05) is 18.2 Å². The maximum absolute atomic E-state index is 10.5. The Labute approximate surface area is 117 Å². The van der Waals surface area contributed by atoms with Gasteiger partial charge in [-0.15, -0.1) is 0 Å². The van der Waals surface area contributed by atoms with Gasteiger partial charge in [-0.2, -0.15) is 0 Å². The summed E-state index contributed by atoms with van der Waals surface area (Å²) in [5.74, 6) is 2.84. The maximum atomic E-state index is 10.5. The molecule has 2 heterocycles. The summed E-state index contributed by atoms with van der Waals surface area (Å²) in [5.41, 5.74) is 2.44. The van der Waals surface area contributed by atoms with Crippen molar-refractivity contribution in [1.29, 1.82) is 0 Å². The highest BCUT2D eigenvalue weighted by Gasteiger charge is 2.53. The Morgan fingerprint density at radius 2 is 2.25 bits per heavy atom. The van der Waals surface area contributed by atoms with Crippen molar-refractivity contribution in [2.45, 2.75) is 44.1 Å². The number of hydrogen-bond donors (Lipinski definition) is 1. The quantitative estimate of drug-likeness (QED) is 0.837. The summed E-state index contributed by atoms with van der Waals surface area (Å²) in [7, 11) is 0. The van der Waals surface area contributed by atoms with Crippen molar-refractivity contribution in [2.75, 3.05) is 0 Å². The number of carboxylic acids is 1. The summed E-state index contributed by atoms with van der Waals surface area (Å²) in [5, 5.41) is 8.66. The average molecular weight is 272 g/mol. The molecular weight excluding hydrogens is 256 g/mol. The van der Waals surface area contributed by atoms with Gasteiger partial charge in [-0.25, -0.2) is 0 Å². The van der Waals surface area contributed by atoms with Gasteiger partial charge in [0.2, 0.25) is 0 Å². The number of benzene rings is 1. The Morgan fingerprint density at radius 1 is 1.35 bits per heavy atom. The fraction of sp³-hybridized carbons (Fsp3) is 0.438. The van der Waals surface area contributed by atoms with Crippen LogP contribution in [0.2, 0.25) is 0 Å². The molecule has 0 saturated carbocycles. The van der Waals surface area contributed by atoms with Crippen LogP contribution in [0.4, 0.5) is 0 Å². The number of fused-ring (bicyclic) bond motifs is 4. The highest BCUT2D eigenvalue weighted by Crippen LogP contribution is 2.58. The van der Waals surface area contributed by atoms with Gasteiger partial charge in [0.1, 0.15) is 17.6 Å². The summed E-state index contributed by atoms with van der Waals surface area (Å²) in [6.45, 7) is 0. The fourth-order valence-electron chi connectivity index (χ4n) is 3.34. The molecule has 20 heavy (non-hydrogen) atoms. The lowest BCUT2D eigenvalue weighted by Crippen LogP contribution is -2.16. The zero-order valence-corrected chi connectivity index (χ0v) is 11.1. The molecule has 1 aromatic carbocycles. The van der Waals surface area contributed by atoms with E-state index in [1.54, 1.807) is 0 Å². The first kappa shape index (κ1) is 11.8. The molecule has 0 spiro atoms. The number of aliphatic carboxylic acids is 1. The number of para-hydroxylation sites is 1. The molecule has 3 aliphatic rings. The maximum Gasteiger partial charge on any atom is 0.303 e. The lowest BCUT2D eigenvalue weighted by molar-refractivity contribution is -0.137.